The van der Waals surface area contributed by atoms with Crippen molar-refractivity contribution in [3.8, 4) is 17.2 Å². The van der Waals surface area contributed by atoms with E-state index in [1.165, 1.54) is 5.56 Å². The number of rotatable bonds is 3. The Labute approximate surface area is 141 Å². The van der Waals surface area contributed by atoms with Crippen molar-refractivity contribution in [2.75, 3.05) is 19.5 Å². The van der Waals surface area contributed by atoms with Crippen molar-refractivity contribution < 1.29 is 14.6 Å². The summed E-state index contributed by atoms with van der Waals surface area (Å²) in [5.74, 6) is 2.36. The highest BCUT2D eigenvalue weighted by molar-refractivity contribution is 5.62. The fraction of sp³-hybridized carbons (Fsp3) is 0.300. The summed E-state index contributed by atoms with van der Waals surface area (Å²) in [5.41, 5.74) is 3.49. The normalized spacial score (nSPS) is 24.0. The molecule has 1 heterocycles. The Kier molecular flexibility index (Phi) is 3.60. The zero-order chi connectivity index (χ0) is 16.7. The maximum atomic E-state index is 10.1. The number of ether oxygens (including phenoxy) is 2. The lowest BCUT2D eigenvalue weighted by molar-refractivity contribution is 0.370. The van der Waals surface area contributed by atoms with Crippen molar-refractivity contribution in [1.82, 2.24) is 0 Å². The van der Waals surface area contributed by atoms with Gasteiger partial charge in [-0.15, -0.1) is 0 Å². The van der Waals surface area contributed by atoms with Crippen LogP contribution in [0.5, 0.6) is 17.2 Å². The van der Waals surface area contributed by atoms with E-state index in [1.807, 2.05) is 18.2 Å². The van der Waals surface area contributed by atoms with Gasteiger partial charge in [-0.3, -0.25) is 0 Å². The molecule has 2 aliphatic rings. The van der Waals surface area contributed by atoms with Gasteiger partial charge in [-0.25, -0.2) is 0 Å². The fourth-order valence-corrected chi connectivity index (χ4v) is 3.93. The first-order valence-corrected chi connectivity index (χ1v) is 8.19. The lowest BCUT2D eigenvalue weighted by Crippen LogP contribution is -2.29. The number of anilines is 1. The summed E-state index contributed by atoms with van der Waals surface area (Å²) in [6, 6.07) is 12.0. The van der Waals surface area contributed by atoms with E-state index in [1.54, 1.807) is 20.3 Å². The molecule has 4 rings (SSSR count). The van der Waals surface area contributed by atoms with Gasteiger partial charge in [-0.1, -0.05) is 18.2 Å². The van der Waals surface area contributed by atoms with Crippen LogP contribution >= 0.6 is 0 Å². The van der Waals surface area contributed by atoms with Crippen molar-refractivity contribution in [1.29, 1.82) is 0 Å². The third-order valence-corrected chi connectivity index (χ3v) is 5.13. The van der Waals surface area contributed by atoms with Gasteiger partial charge in [-0.05, 0) is 53.8 Å². The number of phenolic OH excluding ortho intramolecular Hbond substituents is 1. The van der Waals surface area contributed by atoms with Crippen LogP contribution in [0.1, 0.15) is 29.5 Å². The van der Waals surface area contributed by atoms with Crippen LogP contribution < -0.4 is 14.8 Å². The van der Waals surface area contributed by atoms with Crippen molar-refractivity contribution in [2.24, 2.45) is 5.92 Å². The maximum absolute atomic E-state index is 10.1. The highest BCUT2D eigenvalue weighted by atomic mass is 16.5. The van der Waals surface area contributed by atoms with E-state index < -0.39 is 0 Å². The van der Waals surface area contributed by atoms with E-state index >= 15 is 0 Å². The predicted molar refractivity (Wildman–Crippen MR) is 94.0 cm³/mol. The zero-order valence-corrected chi connectivity index (χ0v) is 13.8. The average Bonchev–Trinajstić information content (AvgIpc) is 3.10. The van der Waals surface area contributed by atoms with Gasteiger partial charge in [0, 0.05) is 11.6 Å². The topological polar surface area (TPSA) is 50.7 Å². The maximum Gasteiger partial charge on any atom is 0.160 e. The predicted octanol–water partition coefficient (Wildman–Crippen LogP) is 4.24. The van der Waals surface area contributed by atoms with Crippen LogP contribution in [0.2, 0.25) is 0 Å². The second-order valence-electron chi connectivity index (χ2n) is 6.36. The molecule has 0 fully saturated rings. The van der Waals surface area contributed by atoms with Crippen molar-refractivity contribution in [3.05, 3.63) is 59.7 Å². The number of nitrogens with one attached hydrogen (secondary N) is 1. The molecule has 0 saturated carbocycles. The third kappa shape index (κ3) is 2.30. The van der Waals surface area contributed by atoms with Crippen LogP contribution in [0.25, 0.3) is 0 Å². The summed E-state index contributed by atoms with van der Waals surface area (Å²) in [7, 11) is 3.26. The molecule has 3 unspecified atom stereocenters. The Hall–Kier alpha value is -2.62. The molecular formula is C20H21NO3. The quantitative estimate of drug-likeness (QED) is 0.830. The van der Waals surface area contributed by atoms with Crippen LogP contribution in [0.3, 0.4) is 0 Å². The molecule has 2 N–H and O–H groups in total. The van der Waals surface area contributed by atoms with Gasteiger partial charge >= 0.3 is 0 Å². The molecule has 24 heavy (non-hydrogen) atoms. The lowest BCUT2D eigenvalue weighted by Gasteiger charge is -2.37. The highest BCUT2D eigenvalue weighted by Gasteiger charge is 2.38. The Balaban J connectivity index is 1.74. The van der Waals surface area contributed by atoms with Gasteiger partial charge in [0.25, 0.3) is 0 Å². The van der Waals surface area contributed by atoms with Crippen LogP contribution in [-0.4, -0.2) is 19.3 Å². The minimum absolute atomic E-state index is 0.155. The molecule has 4 heteroatoms. The first-order valence-electron chi connectivity index (χ1n) is 8.19. The monoisotopic (exact) mass is 323 g/mol. The first kappa shape index (κ1) is 14.9. The molecule has 0 bridgehead atoms. The summed E-state index contributed by atoms with van der Waals surface area (Å²) in [4.78, 5) is 0. The summed E-state index contributed by atoms with van der Waals surface area (Å²) >= 11 is 0. The van der Waals surface area contributed by atoms with Crippen LogP contribution in [0, 0.1) is 5.92 Å². The summed E-state index contributed by atoms with van der Waals surface area (Å²) in [6.07, 6.45) is 5.56. The molecule has 124 valence electrons. The second-order valence-corrected chi connectivity index (χ2v) is 6.36. The van der Waals surface area contributed by atoms with Crippen LogP contribution in [-0.2, 0) is 0 Å². The molecule has 0 radical (unpaired) electrons. The van der Waals surface area contributed by atoms with Crippen LogP contribution in [0.15, 0.2) is 48.6 Å². The van der Waals surface area contributed by atoms with Gasteiger partial charge in [0.15, 0.2) is 11.5 Å². The highest BCUT2D eigenvalue weighted by Crippen LogP contribution is 2.51. The van der Waals surface area contributed by atoms with E-state index in [0.717, 1.165) is 23.4 Å². The van der Waals surface area contributed by atoms with E-state index in [4.69, 9.17) is 9.47 Å². The Morgan fingerprint density at radius 3 is 2.71 bits per heavy atom. The molecule has 4 nitrogen and oxygen atoms in total. The molecule has 2 aromatic rings. The van der Waals surface area contributed by atoms with Gasteiger partial charge in [0.2, 0.25) is 0 Å². The number of phenols is 1. The minimum Gasteiger partial charge on any atom is -0.504 e. The summed E-state index contributed by atoms with van der Waals surface area (Å²) < 4.78 is 10.5. The second kappa shape index (κ2) is 5.78. The fourth-order valence-electron chi connectivity index (χ4n) is 3.93. The molecule has 1 aliphatic carbocycles. The van der Waals surface area contributed by atoms with Crippen molar-refractivity contribution >= 4 is 5.69 Å². The number of hydrogen-bond donors (Lipinski definition) is 2. The first-order chi connectivity index (χ1) is 11.7. The summed E-state index contributed by atoms with van der Waals surface area (Å²) in [6.45, 7) is 0. The number of allylic oxidation sites excluding steroid dienone is 2. The van der Waals surface area contributed by atoms with E-state index in [9.17, 15) is 5.11 Å². The van der Waals surface area contributed by atoms with Gasteiger partial charge < -0.3 is 19.9 Å². The number of fused-ring (bicyclic) bond motifs is 3. The van der Waals surface area contributed by atoms with E-state index in [-0.39, 0.29) is 11.8 Å². The smallest absolute Gasteiger partial charge is 0.160 e. The van der Waals surface area contributed by atoms with E-state index in [2.05, 4.69) is 29.6 Å². The van der Waals surface area contributed by atoms with Gasteiger partial charge in [0.1, 0.15) is 5.75 Å². The molecule has 0 spiro atoms. The molecule has 1 aliphatic heterocycles. The molecule has 0 saturated heterocycles. The number of hydrogen-bond acceptors (Lipinski definition) is 4. The molecule has 2 aromatic carbocycles. The standard InChI is InChI=1S/C20H21NO3/c1-23-13-7-8-17-16(11-13)14-4-3-5-15(14)20(21-17)12-6-9-19(24-2)18(22)10-12/h3-4,6-11,14-15,20-22H,5H2,1-2H3. The number of benzene rings is 2. The largest absolute Gasteiger partial charge is 0.504 e. The lowest BCUT2D eigenvalue weighted by atomic mass is 9.77. The molecule has 3 atom stereocenters. The summed E-state index contributed by atoms with van der Waals surface area (Å²) in [5, 5.41) is 13.8. The third-order valence-electron chi connectivity index (χ3n) is 5.13. The number of methoxy groups -OCH3 is 2. The Bertz CT molecular complexity index is 799. The number of aromatic hydroxyl groups is 1. The van der Waals surface area contributed by atoms with Gasteiger partial charge in [-0.2, -0.15) is 0 Å². The van der Waals surface area contributed by atoms with Gasteiger partial charge in [0.05, 0.1) is 20.3 Å². The van der Waals surface area contributed by atoms with E-state index in [0.29, 0.717) is 17.6 Å². The zero-order valence-electron chi connectivity index (χ0n) is 13.8. The van der Waals surface area contributed by atoms with Crippen molar-refractivity contribution in [2.45, 2.75) is 18.4 Å². The minimum atomic E-state index is 0.155. The molecule has 0 aromatic heterocycles. The van der Waals surface area contributed by atoms with Crippen molar-refractivity contribution in [3.63, 3.8) is 0 Å². The Morgan fingerprint density at radius 2 is 1.96 bits per heavy atom. The average molecular weight is 323 g/mol. The Morgan fingerprint density at radius 1 is 1.08 bits per heavy atom. The molecular weight excluding hydrogens is 302 g/mol. The SMILES string of the molecule is COc1ccc2c(c1)C1C=CCC1C(c1ccc(OC)c(O)c1)N2. The van der Waals surface area contributed by atoms with Crippen LogP contribution in [0.4, 0.5) is 5.69 Å². The molecule has 0 amide bonds.